The largest absolute Gasteiger partial charge is 0.353 e. The van der Waals surface area contributed by atoms with Gasteiger partial charge in [0.15, 0.2) is 0 Å². The topological polar surface area (TPSA) is 69.6 Å². The van der Waals surface area contributed by atoms with Crippen LogP contribution in [0.25, 0.3) is 0 Å². The number of piperazine rings is 1. The maximum Gasteiger partial charge on any atom is 0.313 e. The number of aryl methyl sites for hydroxylation is 3. The van der Waals surface area contributed by atoms with Gasteiger partial charge in [-0.3, -0.25) is 14.5 Å². The Kier molecular flexibility index (Phi) is 6.71. The second-order valence-electron chi connectivity index (χ2n) is 7.88. The molecule has 3 rings (SSSR count). The molecule has 1 aromatic carbocycles. The smallest absolute Gasteiger partial charge is 0.313 e. The maximum absolute atomic E-state index is 12.5. The molecule has 7 nitrogen and oxygen atoms in total. The second kappa shape index (κ2) is 9.24. The van der Waals surface area contributed by atoms with Crippen LogP contribution in [-0.4, -0.2) is 66.0 Å². The molecule has 1 unspecified atom stereocenters. The highest BCUT2D eigenvalue weighted by Gasteiger charge is 2.27. The van der Waals surface area contributed by atoms with Gasteiger partial charge in [-0.05, 0) is 50.2 Å². The van der Waals surface area contributed by atoms with E-state index >= 15 is 0 Å². The quantitative estimate of drug-likeness (QED) is 0.754. The lowest BCUT2D eigenvalue weighted by Gasteiger charge is -2.38. The number of aromatic nitrogens is 1. The number of carbonyl (C=O) groups is 2. The van der Waals surface area contributed by atoms with Crippen molar-refractivity contribution >= 4 is 17.5 Å². The number of likely N-dealkylation sites (N-methyl/N-ethyl adjacent to an activating group) is 1. The number of rotatable bonds is 5. The lowest BCUT2D eigenvalue weighted by Crippen LogP contribution is -2.49. The molecule has 0 spiro atoms. The molecule has 0 aliphatic carbocycles. The van der Waals surface area contributed by atoms with Crippen LogP contribution in [0.15, 0.2) is 36.5 Å². The Morgan fingerprint density at radius 3 is 2.41 bits per heavy atom. The summed E-state index contributed by atoms with van der Waals surface area (Å²) in [6, 6.07) is 9.89. The first-order chi connectivity index (χ1) is 13.8. The monoisotopic (exact) mass is 397 g/mol. The first-order valence-electron chi connectivity index (χ1n) is 10.1. The molecule has 7 heteroatoms. The first kappa shape index (κ1) is 21.1. The van der Waals surface area contributed by atoms with Crippen LogP contribution in [0.4, 0.5) is 5.69 Å². The fraction of sp³-hybridized carbons (Fsp3) is 0.455. The number of benzene rings is 1. The predicted octanol–water partition coefficient (Wildman–Crippen LogP) is 1.69. The standard InChI is InChI=1S/C22H31N5O2/c1-16-7-8-17(2)18(14-16)24-22(29)21(28)23-15-20(19-6-5-9-26(19)4)27-12-10-25(3)11-13-27/h5-9,14,20H,10-13,15H2,1-4H3,(H,23,28)(H,24,29). The van der Waals surface area contributed by atoms with Crippen LogP contribution in [0.3, 0.4) is 0 Å². The van der Waals surface area contributed by atoms with Crippen LogP contribution >= 0.6 is 0 Å². The van der Waals surface area contributed by atoms with Gasteiger partial charge in [-0.15, -0.1) is 0 Å². The molecule has 29 heavy (non-hydrogen) atoms. The van der Waals surface area contributed by atoms with E-state index in [0.29, 0.717) is 12.2 Å². The Labute approximate surface area is 172 Å². The van der Waals surface area contributed by atoms with E-state index in [1.54, 1.807) is 0 Å². The first-order valence-corrected chi connectivity index (χ1v) is 10.1. The van der Waals surface area contributed by atoms with Crippen molar-refractivity contribution in [1.29, 1.82) is 0 Å². The van der Waals surface area contributed by atoms with Crippen LogP contribution in [0.5, 0.6) is 0 Å². The van der Waals surface area contributed by atoms with E-state index in [4.69, 9.17) is 0 Å². The van der Waals surface area contributed by atoms with Crippen molar-refractivity contribution < 1.29 is 9.59 Å². The van der Waals surface area contributed by atoms with Gasteiger partial charge in [-0.1, -0.05) is 12.1 Å². The number of nitrogens with one attached hydrogen (secondary N) is 2. The van der Waals surface area contributed by atoms with Crippen LogP contribution < -0.4 is 10.6 Å². The highest BCUT2D eigenvalue weighted by Crippen LogP contribution is 2.22. The summed E-state index contributed by atoms with van der Waals surface area (Å²) in [5.41, 5.74) is 3.76. The maximum atomic E-state index is 12.5. The molecule has 1 aromatic heterocycles. The van der Waals surface area contributed by atoms with Crippen LogP contribution in [0, 0.1) is 13.8 Å². The minimum atomic E-state index is -0.636. The number of hydrogen-bond acceptors (Lipinski definition) is 4. The summed E-state index contributed by atoms with van der Waals surface area (Å²) < 4.78 is 2.07. The molecule has 1 aliphatic rings. The summed E-state index contributed by atoms with van der Waals surface area (Å²) in [5, 5.41) is 5.57. The third-order valence-electron chi connectivity index (χ3n) is 5.61. The van der Waals surface area contributed by atoms with Gasteiger partial charge in [0.25, 0.3) is 0 Å². The zero-order chi connectivity index (χ0) is 21.0. The second-order valence-corrected chi connectivity index (χ2v) is 7.88. The molecule has 2 N–H and O–H groups in total. The minimum absolute atomic E-state index is 0.0288. The van der Waals surface area contributed by atoms with Gasteiger partial charge in [0, 0.05) is 57.3 Å². The Balaban J connectivity index is 1.65. The molecular formula is C22H31N5O2. The van der Waals surface area contributed by atoms with E-state index in [1.165, 1.54) is 0 Å². The summed E-state index contributed by atoms with van der Waals surface area (Å²) in [6.45, 7) is 8.08. The van der Waals surface area contributed by atoms with E-state index in [1.807, 2.05) is 51.4 Å². The number of carbonyl (C=O) groups excluding carboxylic acids is 2. The van der Waals surface area contributed by atoms with Crippen molar-refractivity contribution in [3.05, 3.63) is 53.3 Å². The molecule has 1 fully saturated rings. The van der Waals surface area contributed by atoms with Gasteiger partial charge < -0.3 is 20.1 Å². The average molecular weight is 398 g/mol. The third kappa shape index (κ3) is 5.25. The number of anilines is 1. The molecule has 156 valence electrons. The lowest BCUT2D eigenvalue weighted by molar-refractivity contribution is -0.136. The average Bonchev–Trinajstić information content (AvgIpc) is 3.11. The zero-order valence-electron chi connectivity index (χ0n) is 17.7. The van der Waals surface area contributed by atoms with Crippen molar-refractivity contribution in [2.24, 2.45) is 7.05 Å². The summed E-state index contributed by atoms with van der Waals surface area (Å²) in [7, 11) is 4.13. The van der Waals surface area contributed by atoms with Crippen LogP contribution in [0.1, 0.15) is 22.9 Å². The Morgan fingerprint density at radius 2 is 1.76 bits per heavy atom. The van der Waals surface area contributed by atoms with Crippen molar-refractivity contribution in [2.75, 3.05) is 45.1 Å². The predicted molar refractivity (Wildman–Crippen MR) is 115 cm³/mol. The van der Waals surface area contributed by atoms with Crippen molar-refractivity contribution in [1.82, 2.24) is 19.7 Å². The van der Waals surface area contributed by atoms with Gasteiger partial charge in [-0.2, -0.15) is 0 Å². The summed E-state index contributed by atoms with van der Waals surface area (Å²) in [6.07, 6.45) is 2.01. The molecule has 1 atom stereocenters. The van der Waals surface area contributed by atoms with E-state index in [9.17, 15) is 9.59 Å². The van der Waals surface area contributed by atoms with Gasteiger partial charge in [0.2, 0.25) is 0 Å². The SMILES string of the molecule is Cc1ccc(C)c(NC(=O)C(=O)NCC(c2cccn2C)N2CCN(C)CC2)c1. The van der Waals surface area contributed by atoms with E-state index in [0.717, 1.165) is 43.0 Å². The van der Waals surface area contributed by atoms with Gasteiger partial charge >= 0.3 is 11.8 Å². The summed E-state index contributed by atoms with van der Waals surface area (Å²) >= 11 is 0. The lowest BCUT2D eigenvalue weighted by atomic mass is 10.1. The van der Waals surface area contributed by atoms with Gasteiger partial charge in [-0.25, -0.2) is 0 Å². The third-order valence-corrected chi connectivity index (χ3v) is 5.61. The zero-order valence-corrected chi connectivity index (χ0v) is 17.7. The van der Waals surface area contributed by atoms with E-state index in [2.05, 4.69) is 38.1 Å². The van der Waals surface area contributed by atoms with Gasteiger partial charge in [0.05, 0.1) is 6.04 Å². The number of amides is 2. The molecule has 0 saturated carbocycles. The Hall–Kier alpha value is -2.64. The van der Waals surface area contributed by atoms with E-state index < -0.39 is 11.8 Å². The van der Waals surface area contributed by atoms with Crippen molar-refractivity contribution in [3.8, 4) is 0 Å². The van der Waals surface area contributed by atoms with Crippen LogP contribution in [-0.2, 0) is 16.6 Å². The van der Waals surface area contributed by atoms with Gasteiger partial charge in [0.1, 0.15) is 0 Å². The summed E-state index contributed by atoms with van der Waals surface area (Å²) in [5.74, 6) is -1.25. The fourth-order valence-corrected chi connectivity index (χ4v) is 3.69. The Bertz CT molecular complexity index is 868. The molecular weight excluding hydrogens is 366 g/mol. The Morgan fingerprint density at radius 1 is 1.03 bits per heavy atom. The fourth-order valence-electron chi connectivity index (χ4n) is 3.69. The minimum Gasteiger partial charge on any atom is -0.353 e. The molecule has 1 aliphatic heterocycles. The number of hydrogen-bond donors (Lipinski definition) is 2. The number of nitrogens with zero attached hydrogens (tertiary/aromatic N) is 3. The highest BCUT2D eigenvalue weighted by atomic mass is 16.2. The molecule has 2 amide bonds. The molecule has 2 heterocycles. The normalized spacial score (nSPS) is 16.4. The molecule has 0 bridgehead atoms. The van der Waals surface area contributed by atoms with Crippen molar-refractivity contribution in [3.63, 3.8) is 0 Å². The van der Waals surface area contributed by atoms with Crippen LogP contribution in [0.2, 0.25) is 0 Å². The highest BCUT2D eigenvalue weighted by molar-refractivity contribution is 6.39. The molecule has 2 aromatic rings. The van der Waals surface area contributed by atoms with Crippen molar-refractivity contribution in [2.45, 2.75) is 19.9 Å². The molecule has 1 saturated heterocycles. The summed E-state index contributed by atoms with van der Waals surface area (Å²) in [4.78, 5) is 29.6. The molecule has 0 radical (unpaired) electrons. The van der Waals surface area contributed by atoms with E-state index in [-0.39, 0.29) is 6.04 Å².